The first kappa shape index (κ1) is 19.3. The van der Waals surface area contributed by atoms with Crippen LogP contribution in [0.2, 0.25) is 0 Å². The van der Waals surface area contributed by atoms with Gasteiger partial charge in [-0.05, 0) is 25.1 Å². The summed E-state index contributed by atoms with van der Waals surface area (Å²) in [6, 6.07) is 11.0. The lowest BCUT2D eigenvalue weighted by molar-refractivity contribution is -0.384. The van der Waals surface area contributed by atoms with Gasteiger partial charge in [-0.15, -0.1) is 14.3 Å². The first-order valence-electron chi connectivity index (χ1n) is 8.92. The molecule has 13 heteroatoms. The first-order chi connectivity index (χ1) is 14.8. The fourth-order valence-electron chi connectivity index (χ4n) is 3.37. The standard InChI is InChI=1S/C18H13N7O4S2/c1-10-16(20-21-18-19-12-8-7-11(25(26)27)9-14(12)30-18)17-23(2)13-5-3-4-6-15(13)31(28,29)24(17)22-10/h3-9H,1-2H3/b21-20+. The Morgan fingerprint density at radius 2 is 1.94 bits per heavy atom. The molecule has 4 aromatic rings. The van der Waals surface area contributed by atoms with Crippen LogP contribution in [0.1, 0.15) is 5.69 Å². The van der Waals surface area contributed by atoms with E-state index in [4.69, 9.17) is 0 Å². The Balaban J connectivity index is 1.60. The maximum absolute atomic E-state index is 13.0. The summed E-state index contributed by atoms with van der Waals surface area (Å²) in [6.45, 7) is 1.65. The van der Waals surface area contributed by atoms with E-state index in [1.54, 1.807) is 43.1 Å². The van der Waals surface area contributed by atoms with Crippen LogP contribution in [0.25, 0.3) is 10.2 Å². The highest BCUT2D eigenvalue weighted by Crippen LogP contribution is 2.44. The molecule has 0 bridgehead atoms. The zero-order valence-corrected chi connectivity index (χ0v) is 17.8. The van der Waals surface area contributed by atoms with E-state index < -0.39 is 14.9 Å². The maximum Gasteiger partial charge on any atom is 0.287 e. The number of thiazole rings is 1. The van der Waals surface area contributed by atoms with Gasteiger partial charge in [0.25, 0.3) is 15.7 Å². The SMILES string of the molecule is Cc1nn2c(c1/N=N/c1nc3ccc([N+](=O)[O-])cc3s1)N(C)c1ccccc1S2(=O)=O. The van der Waals surface area contributed by atoms with Gasteiger partial charge >= 0.3 is 0 Å². The number of nitro groups is 1. The summed E-state index contributed by atoms with van der Waals surface area (Å²) in [6.07, 6.45) is 0. The quantitative estimate of drug-likeness (QED) is 0.253. The number of rotatable bonds is 3. The number of hydrogen-bond donors (Lipinski definition) is 0. The van der Waals surface area contributed by atoms with Crippen LogP contribution in [0, 0.1) is 17.0 Å². The monoisotopic (exact) mass is 455 g/mol. The predicted octanol–water partition coefficient (Wildman–Crippen LogP) is 4.44. The van der Waals surface area contributed by atoms with Crippen LogP contribution < -0.4 is 4.90 Å². The largest absolute Gasteiger partial charge is 0.326 e. The van der Waals surface area contributed by atoms with E-state index in [1.807, 2.05) is 0 Å². The molecule has 156 valence electrons. The average Bonchev–Trinajstić information content (AvgIpc) is 3.31. The number of benzene rings is 2. The lowest BCUT2D eigenvalue weighted by atomic mass is 10.3. The number of azo groups is 1. The van der Waals surface area contributed by atoms with Crippen molar-refractivity contribution in [3.05, 3.63) is 58.3 Å². The second-order valence-corrected chi connectivity index (χ2v) is 9.48. The molecule has 0 aliphatic carbocycles. The van der Waals surface area contributed by atoms with E-state index in [0.717, 1.165) is 15.4 Å². The van der Waals surface area contributed by atoms with Crippen LogP contribution in [0.5, 0.6) is 0 Å². The minimum atomic E-state index is -3.87. The molecule has 1 aliphatic heterocycles. The summed E-state index contributed by atoms with van der Waals surface area (Å²) in [5, 5.41) is 23.8. The molecule has 0 atom stereocenters. The molecule has 0 saturated carbocycles. The van der Waals surface area contributed by atoms with Gasteiger partial charge in [0, 0.05) is 19.2 Å². The molecule has 0 saturated heterocycles. The van der Waals surface area contributed by atoms with Crippen LogP contribution in [-0.4, -0.2) is 34.6 Å². The first-order valence-corrected chi connectivity index (χ1v) is 11.2. The van der Waals surface area contributed by atoms with Gasteiger partial charge in [0.1, 0.15) is 4.90 Å². The number of nitrogens with zero attached hydrogens (tertiary/aromatic N) is 7. The zero-order valence-electron chi connectivity index (χ0n) is 16.1. The number of nitro benzene ring substituents is 1. The molecule has 3 heterocycles. The summed E-state index contributed by atoms with van der Waals surface area (Å²) in [5.41, 5.74) is 1.72. The number of hydrogen-bond acceptors (Lipinski definition) is 10. The van der Waals surface area contributed by atoms with Gasteiger partial charge in [0.05, 0.1) is 26.5 Å². The Morgan fingerprint density at radius 3 is 2.71 bits per heavy atom. The third-order valence-corrected chi connectivity index (χ3v) is 7.35. The number of anilines is 2. The molecule has 0 radical (unpaired) electrons. The van der Waals surface area contributed by atoms with Gasteiger partial charge in [0.15, 0.2) is 11.5 Å². The maximum atomic E-state index is 13.0. The summed E-state index contributed by atoms with van der Waals surface area (Å²) < 4.78 is 27.6. The third-order valence-electron chi connectivity index (χ3n) is 4.83. The van der Waals surface area contributed by atoms with Crippen molar-refractivity contribution in [3.63, 3.8) is 0 Å². The third kappa shape index (κ3) is 2.89. The molecule has 11 nitrogen and oxygen atoms in total. The van der Waals surface area contributed by atoms with Crippen molar-refractivity contribution in [2.75, 3.05) is 11.9 Å². The van der Waals surface area contributed by atoms with Crippen LogP contribution in [0.4, 0.5) is 28.0 Å². The Hall–Kier alpha value is -3.71. The van der Waals surface area contributed by atoms with Crippen molar-refractivity contribution in [2.45, 2.75) is 11.8 Å². The van der Waals surface area contributed by atoms with Crippen molar-refractivity contribution in [1.82, 2.24) is 14.2 Å². The second kappa shape index (κ2) is 6.65. The lowest BCUT2D eigenvalue weighted by Crippen LogP contribution is -2.28. The molecule has 0 fully saturated rings. The number of para-hydroxylation sites is 1. The topological polar surface area (TPSA) is 136 Å². The van der Waals surface area contributed by atoms with Gasteiger partial charge in [-0.2, -0.15) is 13.5 Å². The van der Waals surface area contributed by atoms with Gasteiger partial charge in [-0.1, -0.05) is 23.5 Å². The van der Waals surface area contributed by atoms with Crippen LogP contribution in [0.3, 0.4) is 0 Å². The fourth-order valence-corrected chi connectivity index (χ4v) is 5.76. The Bertz CT molecular complexity index is 1520. The summed E-state index contributed by atoms with van der Waals surface area (Å²) in [5.74, 6) is 0.275. The summed E-state index contributed by atoms with van der Waals surface area (Å²) in [7, 11) is -2.13. The smallest absolute Gasteiger partial charge is 0.287 e. The van der Waals surface area contributed by atoms with E-state index in [-0.39, 0.29) is 21.5 Å². The van der Waals surface area contributed by atoms with Crippen LogP contribution >= 0.6 is 11.3 Å². The van der Waals surface area contributed by atoms with Gasteiger partial charge in [-0.25, -0.2) is 4.98 Å². The van der Waals surface area contributed by atoms with E-state index in [9.17, 15) is 18.5 Å². The fraction of sp³-hybridized carbons (Fsp3) is 0.111. The molecule has 1 aliphatic rings. The van der Waals surface area contributed by atoms with E-state index >= 15 is 0 Å². The van der Waals surface area contributed by atoms with Gasteiger partial charge in [0.2, 0.25) is 5.13 Å². The molecule has 0 unspecified atom stereocenters. The van der Waals surface area contributed by atoms with Crippen LogP contribution in [-0.2, 0) is 10.0 Å². The molecule has 31 heavy (non-hydrogen) atoms. The molecule has 0 N–H and O–H groups in total. The Morgan fingerprint density at radius 1 is 1.16 bits per heavy atom. The highest BCUT2D eigenvalue weighted by atomic mass is 32.2. The molecule has 0 amide bonds. The molecular weight excluding hydrogens is 442 g/mol. The lowest BCUT2D eigenvalue weighted by Gasteiger charge is -2.27. The number of fused-ring (bicyclic) bond motifs is 3. The summed E-state index contributed by atoms with van der Waals surface area (Å²) in [4.78, 5) is 16.7. The van der Waals surface area contributed by atoms with Crippen molar-refractivity contribution < 1.29 is 13.3 Å². The molecular formula is C18H13N7O4S2. The van der Waals surface area contributed by atoms with Crippen molar-refractivity contribution in [1.29, 1.82) is 0 Å². The van der Waals surface area contributed by atoms with Crippen molar-refractivity contribution in [2.24, 2.45) is 10.2 Å². The highest BCUT2D eigenvalue weighted by Gasteiger charge is 2.36. The number of aryl methyl sites for hydroxylation is 1. The highest BCUT2D eigenvalue weighted by molar-refractivity contribution is 7.90. The van der Waals surface area contributed by atoms with Gasteiger partial charge in [-0.3, -0.25) is 10.1 Å². The minimum Gasteiger partial charge on any atom is -0.326 e. The van der Waals surface area contributed by atoms with E-state index in [2.05, 4.69) is 20.3 Å². The molecule has 2 aromatic carbocycles. The molecule has 2 aromatic heterocycles. The normalized spacial score (nSPS) is 14.7. The van der Waals surface area contributed by atoms with E-state index in [0.29, 0.717) is 27.3 Å². The molecule has 5 rings (SSSR count). The predicted molar refractivity (Wildman–Crippen MR) is 115 cm³/mol. The van der Waals surface area contributed by atoms with E-state index in [1.165, 1.54) is 18.2 Å². The Kier molecular flexibility index (Phi) is 4.13. The van der Waals surface area contributed by atoms with Crippen LogP contribution in [0.15, 0.2) is 57.6 Å². The number of non-ortho nitro benzene ring substituents is 1. The zero-order chi connectivity index (χ0) is 21.9. The second-order valence-electron chi connectivity index (χ2n) is 6.74. The average molecular weight is 455 g/mol. The molecule has 0 spiro atoms. The van der Waals surface area contributed by atoms with Crippen molar-refractivity contribution >= 4 is 59.6 Å². The number of aromatic nitrogens is 3. The van der Waals surface area contributed by atoms with Crippen molar-refractivity contribution in [3.8, 4) is 0 Å². The summed E-state index contributed by atoms with van der Waals surface area (Å²) >= 11 is 1.15. The minimum absolute atomic E-state index is 0.0355. The Labute approximate surface area is 179 Å². The van der Waals surface area contributed by atoms with Gasteiger partial charge < -0.3 is 4.90 Å².